The summed E-state index contributed by atoms with van der Waals surface area (Å²) in [6.07, 6.45) is 3.12. The minimum atomic E-state index is 0. The van der Waals surface area contributed by atoms with Crippen molar-refractivity contribution < 1.29 is 4.79 Å². The second-order valence-corrected chi connectivity index (χ2v) is 6.55. The molecular formula is C21H29ClN2O. The lowest BCUT2D eigenvalue weighted by Gasteiger charge is -2.08. The van der Waals surface area contributed by atoms with Gasteiger partial charge in [0.05, 0.1) is 0 Å². The first-order chi connectivity index (χ1) is 11.6. The number of hydrogen-bond donors (Lipinski definition) is 2. The molecule has 2 aromatic rings. The third kappa shape index (κ3) is 7.18. The average molecular weight is 361 g/mol. The molecule has 25 heavy (non-hydrogen) atoms. The Hall–Kier alpha value is -2.00. The van der Waals surface area contributed by atoms with Gasteiger partial charge < -0.3 is 11.1 Å². The van der Waals surface area contributed by atoms with Gasteiger partial charge in [-0.3, -0.25) is 4.79 Å². The Kier molecular flexibility index (Phi) is 9.07. The molecule has 0 spiro atoms. The van der Waals surface area contributed by atoms with E-state index < -0.39 is 0 Å². The van der Waals surface area contributed by atoms with Gasteiger partial charge in [0, 0.05) is 18.7 Å². The molecule has 0 aliphatic heterocycles. The maximum Gasteiger partial charge on any atom is 0.220 e. The third-order valence-corrected chi connectivity index (χ3v) is 4.29. The van der Waals surface area contributed by atoms with Crippen molar-refractivity contribution >= 4 is 24.0 Å². The van der Waals surface area contributed by atoms with E-state index in [-0.39, 0.29) is 18.3 Å². The number of carbonyl (C=O) groups excluding carboxylic acids is 1. The van der Waals surface area contributed by atoms with E-state index in [1.165, 1.54) is 11.1 Å². The highest BCUT2D eigenvalue weighted by Gasteiger charge is 2.04. The van der Waals surface area contributed by atoms with Crippen LogP contribution in [-0.2, 0) is 17.6 Å². The Morgan fingerprint density at radius 3 is 2.36 bits per heavy atom. The second-order valence-electron chi connectivity index (χ2n) is 6.55. The Bertz CT molecular complexity index is 653. The molecule has 0 saturated carbocycles. The van der Waals surface area contributed by atoms with Gasteiger partial charge in [0.15, 0.2) is 0 Å². The highest BCUT2D eigenvalue weighted by molar-refractivity contribution is 5.85. The fourth-order valence-electron chi connectivity index (χ4n) is 2.69. The summed E-state index contributed by atoms with van der Waals surface area (Å²) in [6, 6.07) is 16.5. The smallest absolute Gasteiger partial charge is 0.220 e. The number of nitrogens with two attached hydrogens (primary N) is 1. The van der Waals surface area contributed by atoms with Crippen molar-refractivity contribution in [1.82, 2.24) is 5.32 Å². The van der Waals surface area contributed by atoms with Crippen molar-refractivity contribution in [2.24, 2.45) is 0 Å². The minimum absolute atomic E-state index is 0. The van der Waals surface area contributed by atoms with Crippen molar-refractivity contribution in [3.63, 3.8) is 0 Å². The van der Waals surface area contributed by atoms with Crippen LogP contribution in [0, 0.1) is 0 Å². The summed E-state index contributed by atoms with van der Waals surface area (Å²) in [4.78, 5) is 11.9. The molecule has 3 nitrogen and oxygen atoms in total. The lowest BCUT2D eigenvalue weighted by molar-refractivity contribution is -0.121. The quantitative estimate of drug-likeness (QED) is 0.538. The van der Waals surface area contributed by atoms with Crippen LogP contribution in [-0.4, -0.2) is 12.5 Å². The summed E-state index contributed by atoms with van der Waals surface area (Å²) >= 11 is 0. The second kappa shape index (κ2) is 10.8. The van der Waals surface area contributed by atoms with E-state index in [1.54, 1.807) is 0 Å². The van der Waals surface area contributed by atoms with Crippen LogP contribution in [0.15, 0.2) is 48.5 Å². The molecule has 0 unspecified atom stereocenters. The van der Waals surface area contributed by atoms with Crippen LogP contribution in [0.4, 0.5) is 5.69 Å². The van der Waals surface area contributed by atoms with Crippen LogP contribution in [0.3, 0.4) is 0 Å². The molecule has 2 rings (SSSR count). The molecule has 4 heteroatoms. The van der Waals surface area contributed by atoms with Crippen LogP contribution in [0.25, 0.3) is 0 Å². The van der Waals surface area contributed by atoms with Gasteiger partial charge in [-0.15, -0.1) is 12.4 Å². The van der Waals surface area contributed by atoms with Crippen LogP contribution < -0.4 is 11.1 Å². The third-order valence-electron chi connectivity index (χ3n) is 4.29. The highest BCUT2D eigenvalue weighted by Crippen LogP contribution is 2.15. The lowest BCUT2D eigenvalue weighted by atomic mass is 10.0. The van der Waals surface area contributed by atoms with Gasteiger partial charge in [0.1, 0.15) is 0 Å². The van der Waals surface area contributed by atoms with Gasteiger partial charge in [0.25, 0.3) is 0 Å². The van der Waals surface area contributed by atoms with Crippen molar-refractivity contribution in [1.29, 1.82) is 0 Å². The first-order valence-electron chi connectivity index (χ1n) is 8.75. The molecule has 0 saturated heterocycles. The minimum Gasteiger partial charge on any atom is -0.399 e. The Morgan fingerprint density at radius 1 is 1.04 bits per heavy atom. The fraction of sp³-hybridized carbons (Fsp3) is 0.381. The van der Waals surface area contributed by atoms with Gasteiger partial charge >= 0.3 is 0 Å². The molecule has 0 heterocycles. The number of nitrogens with one attached hydrogen (secondary N) is 1. The van der Waals surface area contributed by atoms with Crippen LogP contribution in [0.2, 0.25) is 0 Å². The fourth-order valence-corrected chi connectivity index (χ4v) is 2.69. The summed E-state index contributed by atoms with van der Waals surface area (Å²) in [7, 11) is 0. The summed E-state index contributed by atoms with van der Waals surface area (Å²) in [6.45, 7) is 5.12. The van der Waals surface area contributed by atoms with E-state index in [0.29, 0.717) is 18.8 Å². The molecule has 0 atom stereocenters. The average Bonchev–Trinajstić information content (AvgIpc) is 2.58. The first kappa shape index (κ1) is 21.0. The molecule has 0 aliphatic carbocycles. The molecule has 1 amide bonds. The molecule has 0 radical (unpaired) electrons. The molecule has 136 valence electrons. The Labute approximate surface area is 157 Å². The standard InChI is InChI=1S/C21H28N2O.ClH/c1-16(2)18-11-9-17(10-12-18)6-5-15-23-21(24)14-13-19-7-3-4-8-20(19)22;/h3-4,7-12,16H,5-6,13-15,22H2,1-2H3,(H,23,24);1H. The highest BCUT2D eigenvalue weighted by atomic mass is 35.5. The normalized spacial score (nSPS) is 10.4. The lowest BCUT2D eigenvalue weighted by Crippen LogP contribution is -2.25. The molecule has 0 bridgehead atoms. The van der Waals surface area contributed by atoms with Crippen molar-refractivity contribution in [2.45, 2.75) is 45.4 Å². The summed E-state index contributed by atoms with van der Waals surface area (Å²) < 4.78 is 0. The number of benzene rings is 2. The van der Waals surface area contributed by atoms with E-state index in [4.69, 9.17) is 5.73 Å². The summed E-state index contributed by atoms with van der Waals surface area (Å²) in [5.74, 6) is 0.658. The molecule has 2 aromatic carbocycles. The number of carbonyl (C=O) groups is 1. The number of hydrogen-bond acceptors (Lipinski definition) is 2. The maximum absolute atomic E-state index is 11.9. The number of amides is 1. The zero-order valence-electron chi connectivity index (χ0n) is 15.1. The van der Waals surface area contributed by atoms with Crippen molar-refractivity contribution in [3.8, 4) is 0 Å². The molecular weight excluding hydrogens is 332 g/mol. The summed E-state index contributed by atoms with van der Waals surface area (Å²) in [5.41, 5.74) is 10.4. The zero-order chi connectivity index (χ0) is 17.4. The molecule has 3 N–H and O–H groups in total. The van der Waals surface area contributed by atoms with E-state index in [2.05, 4.69) is 43.4 Å². The number of para-hydroxylation sites is 1. The van der Waals surface area contributed by atoms with Crippen molar-refractivity contribution in [2.75, 3.05) is 12.3 Å². The maximum atomic E-state index is 11.9. The SMILES string of the molecule is CC(C)c1ccc(CCCNC(=O)CCc2ccccc2N)cc1.Cl. The number of nitrogen functional groups attached to an aromatic ring is 1. The monoisotopic (exact) mass is 360 g/mol. The van der Waals surface area contributed by atoms with Crippen molar-refractivity contribution in [3.05, 3.63) is 65.2 Å². The largest absolute Gasteiger partial charge is 0.399 e. The van der Waals surface area contributed by atoms with Crippen LogP contribution in [0.1, 0.15) is 49.3 Å². The number of halogens is 1. The topological polar surface area (TPSA) is 55.1 Å². The molecule has 0 aliphatic rings. The van der Waals surface area contributed by atoms with Gasteiger partial charge in [-0.05, 0) is 47.9 Å². The Morgan fingerprint density at radius 2 is 1.72 bits per heavy atom. The number of anilines is 1. The van der Waals surface area contributed by atoms with Gasteiger partial charge in [-0.25, -0.2) is 0 Å². The molecule has 0 aromatic heterocycles. The summed E-state index contributed by atoms with van der Waals surface area (Å²) in [5, 5.41) is 2.99. The predicted octanol–water partition coefficient (Wildman–Crippen LogP) is 4.50. The van der Waals surface area contributed by atoms with Crippen LogP contribution >= 0.6 is 12.4 Å². The number of rotatable bonds is 8. The van der Waals surface area contributed by atoms with E-state index in [1.807, 2.05) is 24.3 Å². The molecule has 0 fully saturated rings. The number of aryl methyl sites for hydroxylation is 2. The zero-order valence-corrected chi connectivity index (χ0v) is 15.9. The first-order valence-corrected chi connectivity index (χ1v) is 8.75. The van der Waals surface area contributed by atoms with E-state index in [9.17, 15) is 4.79 Å². The predicted molar refractivity (Wildman–Crippen MR) is 108 cm³/mol. The van der Waals surface area contributed by atoms with E-state index >= 15 is 0 Å². The van der Waals surface area contributed by atoms with Gasteiger partial charge in [-0.2, -0.15) is 0 Å². The Balaban J connectivity index is 0.00000312. The van der Waals surface area contributed by atoms with Gasteiger partial charge in [0.2, 0.25) is 5.91 Å². The van der Waals surface area contributed by atoms with Gasteiger partial charge in [-0.1, -0.05) is 56.3 Å². The van der Waals surface area contributed by atoms with E-state index in [0.717, 1.165) is 30.6 Å². The van der Waals surface area contributed by atoms with Crippen LogP contribution in [0.5, 0.6) is 0 Å².